The van der Waals surface area contributed by atoms with E-state index in [0.29, 0.717) is 38.6 Å². The summed E-state index contributed by atoms with van der Waals surface area (Å²) in [5.74, 6) is 0.958. The predicted molar refractivity (Wildman–Crippen MR) is 114 cm³/mol. The van der Waals surface area contributed by atoms with E-state index < -0.39 is 0 Å². The second kappa shape index (κ2) is 7.07. The van der Waals surface area contributed by atoms with Gasteiger partial charge < -0.3 is 14.8 Å². The van der Waals surface area contributed by atoms with Crippen molar-refractivity contribution in [1.29, 1.82) is 0 Å². The third kappa shape index (κ3) is 3.13. The van der Waals surface area contributed by atoms with Gasteiger partial charge in [-0.25, -0.2) is 0 Å². The molecule has 0 saturated carbocycles. The van der Waals surface area contributed by atoms with Gasteiger partial charge in [-0.2, -0.15) is 0 Å². The lowest BCUT2D eigenvalue weighted by atomic mass is 10.0. The van der Waals surface area contributed by atoms with Gasteiger partial charge in [-0.15, -0.1) is 11.3 Å². The fraction of sp³-hybridized carbons (Fsp3) is 0.0435. The third-order valence-corrected chi connectivity index (χ3v) is 5.81. The molecule has 1 aromatic heterocycles. The molecule has 2 heterocycles. The average Bonchev–Trinajstić information content (AvgIpc) is 3.22. The van der Waals surface area contributed by atoms with Crippen LogP contribution in [0, 0.1) is 0 Å². The van der Waals surface area contributed by atoms with Crippen molar-refractivity contribution in [3.63, 3.8) is 0 Å². The summed E-state index contributed by atoms with van der Waals surface area (Å²) in [5.41, 5.74) is 1.50. The molecule has 1 amide bonds. The molecule has 0 spiro atoms. The maximum absolute atomic E-state index is 13.4. The molecule has 0 fully saturated rings. The minimum absolute atomic E-state index is 0.137. The topological polar surface area (TPSA) is 64.6 Å². The molecule has 3 aromatic carbocycles. The Morgan fingerprint density at radius 2 is 1.66 bits per heavy atom. The lowest BCUT2D eigenvalue weighted by Crippen LogP contribution is -2.15. The summed E-state index contributed by atoms with van der Waals surface area (Å²) < 4.78 is 11.7. The number of amides is 1. The zero-order chi connectivity index (χ0) is 19.8. The van der Waals surface area contributed by atoms with Crippen molar-refractivity contribution in [2.75, 3.05) is 12.1 Å². The maximum atomic E-state index is 13.4. The quantitative estimate of drug-likeness (QED) is 0.530. The van der Waals surface area contributed by atoms with Gasteiger partial charge in [0, 0.05) is 15.6 Å². The predicted octanol–water partition coefficient (Wildman–Crippen LogP) is 4.91. The number of carbonyl (C=O) groups excluding carboxylic acids is 1. The molecule has 5 nitrogen and oxygen atoms in total. The van der Waals surface area contributed by atoms with Crippen molar-refractivity contribution in [2.24, 2.45) is 0 Å². The van der Waals surface area contributed by atoms with Crippen molar-refractivity contribution in [3.8, 4) is 22.6 Å². The van der Waals surface area contributed by atoms with Crippen LogP contribution in [-0.2, 0) is 0 Å². The first kappa shape index (κ1) is 17.5. The van der Waals surface area contributed by atoms with Crippen LogP contribution in [0.4, 0.5) is 5.00 Å². The number of benzene rings is 3. The van der Waals surface area contributed by atoms with Crippen LogP contribution in [0.2, 0.25) is 0 Å². The number of ether oxygens (including phenoxy) is 2. The van der Waals surface area contributed by atoms with Gasteiger partial charge in [0.15, 0.2) is 16.9 Å². The van der Waals surface area contributed by atoms with Crippen LogP contribution in [0.15, 0.2) is 77.6 Å². The Bertz CT molecular complexity index is 1300. The molecule has 6 heteroatoms. The van der Waals surface area contributed by atoms with Gasteiger partial charge in [0.25, 0.3) is 5.91 Å². The Morgan fingerprint density at radius 3 is 2.52 bits per heavy atom. The van der Waals surface area contributed by atoms with Crippen LogP contribution in [0.25, 0.3) is 21.2 Å². The van der Waals surface area contributed by atoms with E-state index in [4.69, 9.17) is 9.47 Å². The van der Waals surface area contributed by atoms with Crippen molar-refractivity contribution < 1.29 is 14.3 Å². The molecule has 4 aromatic rings. The smallest absolute Gasteiger partial charge is 0.256 e. The van der Waals surface area contributed by atoms with Crippen LogP contribution in [0.5, 0.6) is 11.5 Å². The van der Waals surface area contributed by atoms with E-state index in [9.17, 15) is 9.59 Å². The molecule has 0 bridgehead atoms. The number of anilines is 1. The second-order valence-electron chi connectivity index (χ2n) is 6.52. The summed E-state index contributed by atoms with van der Waals surface area (Å²) in [6.07, 6.45) is 0. The molecule has 142 valence electrons. The molecule has 1 N–H and O–H groups in total. The molecule has 0 atom stereocenters. The largest absolute Gasteiger partial charge is 0.454 e. The van der Waals surface area contributed by atoms with Gasteiger partial charge in [0.1, 0.15) is 5.00 Å². The highest BCUT2D eigenvalue weighted by Crippen LogP contribution is 2.39. The minimum Gasteiger partial charge on any atom is -0.454 e. The molecule has 0 radical (unpaired) electrons. The van der Waals surface area contributed by atoms with Gasteiger partial charge in [-0.3, -0.25) is 9.59 Å². The maximum Gasteiger partial charge on any atom is 0.256 e. The molecule has 0 saturated heterocycles. The highest BCUT2D eigenvalue weighted by molar-refractivity contribution is 7.22. The molecular weight excluding hydrogens is 386 g/mol. The number of nitrogens with one attached hydrogen (secondary N) is 1. The van der Waals surface area contributed by atoms with Crippen molar-refractivity contribution in [2.45, 2.75) is 0 Å². The monoisotopic (exact) mass is 401 g/mol. The molecule has 5 rings (SSSR count). The Morgan fingerprint density at radius 1 is 0.897 bits per heavy atom. The standard InChI is InChI=1S/C23H15NO4S/c25-21-16-8-4-5-9-19(16)29-23(24-22(26)14-6-2-1-3-7-14)20(21)15-10-11-17-18(12-15)28-13-27-17/h1-12H,13H2,(H,24,26). The zero-order valence-electron chi connectivity index (χ0n) is 15.2. The van der Waals surface area contributed by atoms with Gasteiger partial charge >= 0.3 is 0 Å². The summed E-state index contributed by atoms with van der Waals surface area (Å²) >= 11 is 1.37. The number of hydrogen-bond donors (Lipinski definition) is 1. The SMILES string of the molecule is O=C(Nc1sc2ccccc2c(=O)c1-c1ccc2c(c1)OCO2)c1ccccc1. The highest BCUT2D eigenvalue weighted by Gasteiger charge is 2.20. The molecule has 29 heavy (non-hydrogen) atoms. The normalized spacial score (nSPS) is 12.1. The van der Waals surface area contributed by atoms with E-state index in [0.717, 1.165) is 4.70 Å². The van der Waals surface area contributed by atoms with Gasteiger partial charge in [-0.05, 0) is 42.0 Å². The molecule has 1 aliphatic rings. The first-order valence-corrected chi connectivity index (χ1v) is 9.84. The minimum atomic E-state index is -0.265. The number of fused-ring (bicyclic) bond motifs is 2. The lowest BCUT2D eigenvalue weighted by Gasteiger charge is -2.12. The number of rotatable bonds is 3. The summed E-state index contributed by atoms with van der Waals surface area (Å²) in [7, 11) is 0. The van der Waals surface area contributed by atoms with Gasteiger partial charge in [0.05, 0.1) is 5.56 Å². The molecule has 0 aliphatic carbocycles. The second-order valence-corrected chi connectivity index (χ2v) is 7.57. The first-order valence-electron chi connectivity index (χ1n) is 9.03. The van der Waals surface area contributed by atoms with Crippen LogP contribution < -0.4 is 20.2 Å². The Hall–Kier alpha value is -3.64. The Balaban J connectivity index is 1.69. The van der Waals surface area contributed by atoms with Crippen molar-refractivity contribution in [3.05, 3.63) is 88.6 Å². The van der Waals surface area contributed by atoms with E-state index in [1.54, 1.807) is 42.5 Å². The lowest BCUT2D eigenvalue weighted by molar-refractivity contribution is 0.102. The summed E-state index contributed by atoms with van der Waals surface area (Å²) in [6.45, 7) is 0.154. The van der Waals surface area contributed by atoms with Gasteiger partial charge in [-0.1, -0.05) is 36.4 Å². The first-order chi connectivity index (χ1) is 14.2. The van der Waals surface area contributed by atoms with E-state index in [1.807, 2.05) is 30.3 Å². The van der Waals surface area contributed by atoms with Crippen LogP contribution >= 0.6 is 11.3 Å². The summed E-state index contributed by atoms with van der Waals surface area (Å²) in [4.78, 5) is 26.1. The summed E-state index contributed by atoms with van der Waals surface area (Å²) in [5, 5.41) is 4.05. The van der Waals surface area contributed by atoms with Crippen LogP contribution in [0.3, 0.4) is 0 Å². The van der Waals surface area contributed by atoms with E-state index in [2.05, 4.69) is 5.32 Å². The van der Waals surface area contributed by atoms with Crippen molar-refractivity contribution in [1.82, 2.24) is 0 Å². The van der Waals surface area contributed by atoms with Crippen molar-refractivity contribution >= 4 is 32.3 Å². The number of carbonyl (C=O) groups is 1. The van der Waals surface area contributed by atoms with E-state index in [-0.39, 0.29) is 18.1 Å². The number of hydrogen-bond acceptors (Lipinski definition) is 5. The Kier molecular flexibility index (Phi) is 4.26. The van der Waals surface area contributed by atoms with E-state index >= 15 is 0 Å². The Labute approximate surface area is 170 Å². The molecule has 0 unspecified atom stereocenters. The summed E-state index contributed by atoms with van der Waals surface area (Å²) in [6, 6.07) is 21.7. The average molecular weight is 401 g/mol. The fourth-order valence-corrected chi connectivity index (χ4v) is 4.40. The molecule has 1 aliphatic heterocycles. The van der Waals surface area contributed by atoms with Crippen LogP contribution in [-0.4, -0.2) is 12.7 Å². The van der Waals surface area contributed by atoms with E-state index in [1.165, 1.54) is 11.3 Å². The molecular formula is C23H15NO4S. The fourth-order valence-electron chi connectivity index (χ4n) is 3.31. The van der Waals surface area contributed by atoms with Gasteiger partial charge in [0.2, 0.25) is 6.79 Å². The van der Waals surface area contributed by atoms with Crippen LogP contribution in [0.1, 0.15) is 10.4 Å². The third-order valence-electron chi connectivity index (χ3n) is 4.72. The highest BCUT2D eigenvalue weighted by atomic mass is 32.1. The zero-order valence-corrected chi connectivity index (χ0v) is 16.0.